The van der Waals surface area contributed by atoms with Gasteiger partial charge < -0.3 is 5.73 Å². The van der Waals surface area contributed by atoms with Gasteiger partial charge in [-0.2, -0.15) is 15.6 Å². The quantitative estimate of drug-likeness (QED) is 0.514. The SMILES string of the molecule is CN(Cc1ccsc1)S(=O)(=O)c1ccc([N+](=O)[O-])cc1N. The van der Waals surface area contributed by atoms with Gasteiger partial charge in [0, 0.05) is 25.7 Å². The van der Waals surface area contributed by atoms with Crippen LogP contribution in [0.25, 0.3) is 0 Å². The van der Waals surface area contributed by atoms with Crippen LogP contribution >= 0.6 is 11.3 Å². The van der Waals surface area contributed by atoms with Crippen LogP contribution in [0.15, 0.2) is 39.9 Å². The van der Waals surface area contributed by atoms with Gasteiger partial charge in [-0.05, 0) is 28.5 Å². The molecule has 0 spiro atoms. The zero-order valence-corrected chi connectivity index (χ0v) is 12.7. The number of non-ortho nitro benzene ring substituents is 1. The molecule has 0 aliphatic heterocycles. The summed E-state index contributed by atoms with van der Waals surface area (Å²) in [4.78, 5) is 9.89. The number of nitrogens with zero attached hydrogens (tertiary/aromatic N) is 2. The minimum absolute atomic E-state index is 0.133. The van der Waals surface area contributed by atoms with Gasteiger partial charge in [0.2, 0.25) is 10.0 Å². The largest absolute Gasteiger partial charge is 0.397 e. The lowest BCUT2D eigenvalue weighted by Crippen LogP contribution is -2.27. The van der Waals surface area contributed by atoms with Crippen LogP contribution in [0.3, 0.4) is 0 Å². The molecule has 0 saturated carbocycles. The van der Waals surface area contributed by atoms with Crippen molar-refractivity contribution < 1.29 is 13.3 Å². The lowest BCUT2D eigenvalue weighted by molar-refractivity contribution is -0.384. The van der Waals surface area contributed by atoms with E-state index in [1.807, 2.05) is 16.8 Å². The van der Waals surface area contributed by atoms with Gasteiger partial charge in [0.1, 0.15) is 4.90 Å². The molecule has 9 heteroatoms. The minimum Gasteiger partial charge on any atom is -0.397 e. The molecule has 7 nitrogen and oxygen atoms in total. The normalized spacial score (nSPS) is 11.7. The highest BCUT2D eigenvalue weighted by Gasteiger charge is 2.25. The highest BCUT2D eigenvalue weighted by Crippen LogP contribution is 2.26. The number of sulfonamides is 1. The van der Waals surface area contributed by atoms with E-state index in [2.05, 4.69) is 0 Å². The third-order valence-electron chi connectivity index (χ3n) is 2.88. The van der Waals surface area contributed by atoms with E-state index >= 15 is 0 Å². The monoisotopic (exact) mass is 327 g/mol. The molecule has 21 heavy (non-hydrogen) atoms. The molecule has 1 heterocycles. The van der Waals surface area contributed by atoms with Crippen LogP contribution in [-0.4, -0.2) is 24.7 Å². The Morgan fingerprint density at radius 1 is 1.38 bits per heavy atom. The van der Waals surface area contributed by atoms with Crippen LogP contribution in [0, 0.1) is 10.1 Å². The van der Waals surface area contributed by atoms with E-state index < -0.39 is 14.9 Å². The van der Waals surface area contributed by atoms with Crippen molar-refractivity contribution in [3.05, 3.63) is 50.7 Å². The summed E-state index contributed by atoms with van der Waals surface area (Å²) in [5, 5.41) is 14.4. The first kappa shape index (κ1) is 15.4. The molecule has 2 aromatic rings. The van der Waals surface area contributed by atoms with Crippen molar-refractivity contribution in [3.63, 3.8) is 0 Å². The molecule has 112 valence electrons. The van der Waals surface area contributed by atoms with Crippen molar-refractivity contribution in [1.29, 1.82) is 0 Å². The van der Waals surface area contributed by atoms with Crippen LogP contribution < -0.4 is 5.73 Å². The second kappa shape index (κ2) is 5.80. The number of hydrogen-bond acceptors (Lipinski definition) is 6. The smallest absolute Gasteiger partial charge is 0.271 e. The molecule has 0 aliphatic rings. The predicted molar refractivity (Wildman–Crippen MR) is 80.5 cm³/mol. The summed E-state index contributed by atoms with van der Waals surface area (Å²) in [6.45, 7) is 0.211. The zero-order valence-electron chi connectivity index (χ0n) is 11.1. The third kappa shape index (κ3) is 3.20. The maximum Gasteiger partial charge on any atom is 0.271 e. The van der Waals surface area contributed by atoms with Crippen molar-refractivity contribution in [2.45, 2.75) is 11.4 Å². The number of thiophene rings is 1. The Hall–Kier alpha value is -1.97. The van der Waals surface area contributed by atoms with Crippen LogP contribution in [0.1, 0.15) is 5.56 Å². The molecule has 2 rings (SSSR count). The van der Waals surface area contributed by atoms with E-state index in [4.69, 9.17) is 5.73 Å². The lowest BCUT2D eigenvalue weighted by atomic mass is 10.3. The van der Waals surface area contributed by atoms with Crippen LogP contribution in [0.5, 0.6) is 0 Å². The van der Waals surface area contributed by atoms with Crippen LogP contribution in [-0.2, 0) is 16.6 Å². The van der Waals surface area contributed by atoms with Crippen molar-refractivity contribution in [2.24, 2.45) is 0 Å². The maximum atomic E-state index is 12.4. The summed E-state index contributed by atoms with van der Waals surface area (Å²) in [6.07, 6.45) is 0. The third-order valence-corrected chi connectivity index (χ3v) is 5.49. The number of rotatable bonds is 5. The maximum absolute atomic E-state index is 12.4. The van der Waals surface area contributed by atoms with Crippen molar-refractivity contribution in [2.75, 3.05) is 12.8 Å². The molecule has 0 fully saturated rings. The molecule has 0 atom stereocenters. The summed E-state index contributed by atoms with van der Waals surface area (Å²) in [5.74, 6) is 0. The second-order valence-corrected chi connectivity index (χ2v) is 7.17. The summed E-state index contributed by atoms with van der Waals surface area (Å²) in [5.41, 5.74) is 6.13. The lowest BCUT2D eigenvalue weighted by Gasteiger charge is -2.17. The Morgan fingerprint density at radius 3 is 2.62 bits per heavy atom. The van der Waals surface area contributed by atoms with Gasteiger partial charge >= 0.3 is 0 Å². The first-order chi connectivity index (χ1) is 9.82. The van der Waals surface area contributed by atoms with E-state index in [1.165, 1.54) is 18.4 Å². The zero-order chi connectivity index (χ0) is 15.6. The van der Waals surface area contributed by atoms with Gasteiger partial charge in [-0.15, -0.1) is 0 Å². The Balaban J connectivity index is 2.33. The van der Waals surface area contributed by atoms with Gasteiger partial charge in [0.15, 0.2) is 0 Å². The molecule has 0 aliphatic carbocycles. The minimum atomic E-state index is -3.80. The Bertz CT molecular complexity index is 757. The molecule has 0 radical (unpaired) electrons. The second-order valence-electron chi connectivity index (χ2n) is 4.37. The highest BCUT2D eigenvalue weighted by molar-refractivity contribution is 7.89. The number of nitro groups is 1. The first-order valence-corrected chi connectivity index (χ1v) is 8.22. The van der Waals surface area contributed by atoms with Crippen molar-refractivity contribution in [1.82, 2.24) is 4.31 Å². The van der Waals surface area contributed by atoms with Gasteiger partial charge in [0.25, 0.3) is 5.69 Å². The number of anilines is 1. The topological polar surface area (TPSA) is 107 Å². The number of nitro benzene ring substituents is 1. The molecular weight excluding hydrogens is 314 g/mol. The Morgan fingerprint density at radius 2 is 2.10 bits per heavy atom. The molecule has 0 unspecified atom stereocenters. The van der Waals surface area contributed by atoms with Gasteiger partial charge in [-0.3, -0.25) is 10.1 Å². The molecule has 2 N–H and O–H groups in total. The summed E-state index contributed by atoms with van der Waals surface area (Å²) in [7, 11) is -2.36. The van der Waals surface area contributed by atoms with E-state index in [0.29, 0.717) is 0 Å². The predicted octanol–water partition coefficient (Wildman–Crippen LogP) is 2.06. The average Bonchev–Trinajstić information content (AvgIpc) is 2.90. The molecule has 0 amide bonds. The van der Waals surface area contributed by atoms with Gasteiger partial charge in [-0.25, -0.2) is 8.42 Å². The number of hydrogen-bond donors (Lipinski definition) is 1. The molecule has 0 bridgehead atoms. The highest BCUT2D eigenvalue weighted by atomic mass is 32.2. The molecular formula is C12H13N3O4S2. The van der Waals surface area contributed by atoms with E-state index in [1.54, 1.807) is 0 Å². The number of benzene rings is 1. The van der Waals surface area contributed by atoms with E-state index in [0.717, 1.165) is 28.1 Å². The molecule has 1 aromatic heterocycles. The van der Waals surface area contributed by atoms with Gasteiger partial charge in [-0.1, -0.05) is 0 Å². The van der Waals surface area contributed by atoms with Crippen LogP contribution in [0.4, 0.5) is 11.4 Å². The first-order valence-electron chi connectivity index (χ1n) is 5.83. The van der Waals surface area contributed by atoms with Crippen molar-refractivity contribution in [3.8, 4) is 0 Å². The molecule has 1 aromatic carbocycles. The van der Waals surface area contributed by atoms with Gasteiger partial charge in [0.05, 0.1) is 10.6 Å². The summed E-state index contributed by atoms with van der Waals surface area (Å²) in [6, 6.07) is 5.16. The van der Waals surface area contributed by atoms with Crippen LogP contribution in [0.2, 0.25) is 0 Å². The van der Waals surface area contributed by atoms with Crippen molar-refractivity contribution >= 4 is 32.7 Å². The Kier molecular flexibility index (Phi) is 4.26. The average molecular weight is 327 g/mol. The fourth-order valence-corrected chi connectivity index (χ4v) is 3.69. The summed E-state index contributed by atoms with van der Waals surface area (Å²) < 4.78 is 26.0. The van der Waals surface area contributed by atoms with E-state index in [-0.39, 0.29) is 22.8 Å². The summed E-state index contributed by atoms with van der Waals surface area (Å²) >= 11 is 1.48. The fourth-order valence-electron chi connectivity index (χ4n) is 1.78. The Labute approximate surface area is 125 Å². The fraction of sp³-hybridized carbons (Fsp3) is 0.167. The van der Waals surface area contributed by atoms with E-state index in [9.17, 15) is 18.5 Å². The number of nitrogens with two attached hydrogens (primary N) is 1. The molecule has 0 saturated heterocycles. The standard InChI is InChI=1S/C12H13N3O4S2/c1-14(7-9-4-5-20-8-9)21(18,19)12-3-2-10(15(16)17)6-11(12)13/h2-6,8H,7,13H2,1H3. The number of nitrogen functional groups attached to an aromatic ring is 1.